The van der Waals surface area contributed by atoms with Crippen molar-refractivity contribution in [2.24, 2.45) is 0 Å². The molecule has 0 aromatic rings. The van der Waals surface area contributed by atoms with Gasteiger partial charge >= 0.3 is 5.97 Å². The van der Waals surface area contributed by atoms with E-state index in [4.69, 9.17) is 4.43 Å². The van der Waals surface area contributed by atoms with Gasteiger partial charge in [0.25, 0.3) is 0 Å². The molecule has 0 aromatic heterocycles. The third kappa shape index (κ3) is 3.66. The van der Waals surface area contributed by atoms with E-state index in [1.54, 1.807) is 16.7 Å². The number of hydrogen-bond donors (Lipinski definition) is 1. The van der Waals surface area contributed by atoms with Crippen LogP contribution in [0.2, 0.25) is 39.3 Å². The standard InChI is InChI=1S/C14H26N2O3SSi2/c1-9-8-20-13-10(15-21(2,3)4)12(17)16(13)11(9)14(18)19-22(5,6)7/h10,13,15H,8H2,1-7H3/t10?,13-/m0/s1. The maximum Gasteiger partial charge on any atom is 0.341 e. The number of thioether (sulfide) groups is 1. The van der Waals surface area contributed by atoms with Crippen molar-refractivity contribution in [3.8, 4) is 0 Å². The Hall–Kier alpha value is -0.576. The zero-order chi connectivity index (χ0) is 16.9. The first kappa shape index (κ1) is 17.8. The summed E-state index contributed by atoms with van der Waals surface area (Å²) >= 11 is 1.72. The van der Waals surface area contributed by atoms with Crippen LogP contribution in [0.25, 0.3) is 0 Å². The normalized spacial score (nSPS) is 25.8. The summed E-state index contributed by atoms with van der Waals surface area (Å²) in [6.07, 6.45) is 0. The molecule has 2 heterocycles. The van der Waals surface area contributed by atoms with Gasteiger partial charge in [0.2, 0.25) is 14.2 Å². The Labute approximate surface area is 139 Å². The first-order chi connectivity index (χ1) is 9.91. The second-order valence-corrected chi connectivity index (χ2v) is 18.2. The predicted molar refractivity (Wildman–Crippen MR) is 95.5 cm³/mol. The molecule has 1 saturated heterocycles. The molecule has 1 amide bonds. The summed E-state index contributed by atoms with van der Waals surface area (Å²) in [5, 5.41) is 0.0205. The largest absolute Gasteiger partial charge is 0.515 e. The molecule has 2 aliphatic heterocycles. The zero-order valence-electron chi connectivity index (χ0n) is 14.4. The number of carbonyl (C=O) groups is 2. The van der Waals surface area contributed by atoms with Crippen molar-refractivity contribution >= 4 is 40.2 Å². The Morgan fingerprint density at radius 1 is 1.27 bits per heavy atom. The Morgan fingerprint density at radius 3 is 2.36 bits per heavy atom. The molecule has 2 atom stereocenters. The van der Waals surface area contributed by atoms with Crippen LogP contribution in [0.4, 0.5) is 0 Å². The number of hydrogen-bond acceptors (Lipinski definition) is 5. The van der Waals surface area contributed by atoms with Crippen molar-refractivity contribution in [1.29, 1.82) is 0 Å². The molecule has 124 valence electrons. The van der Waals surface area contributed by atoms with Crippen molar-refractivity contribution < 1.29 is 14.0 Å². The van der Waals surface area contributed by atoms with E-state index >= 15 is 0 Å². The van der Waals surface area contributed by atoms with E-state index in [2.05, 4.69) is 24.6 Å². The lowest BCUT2D eigenvalue weighted by Gasteiger charge is -2.51. The average molecular weight is 359 g/mol. The molecule has 22 heavy (non-hydrogen) atoms. The maximum absolute atomic E-state index is 12.5. The number of carbonyl (C=O) groups excluding carboxylic acids is 2. The van der Waals surface area contributed by atoms with Crippen molar-refractivity contribution in [3.63, 3.8) is 0 Å². The third-order valence-corrected chi connectivity index (χ3v) is 6.74. The molecule has 0 aliphatic carbocycles. The number of rotatable bonds is 4. The summed E-state index contributed by atoms with van der Waals surface area (Å²) in [7, 11) is -3.52. The van der Waals surface area contributed by atoms with E-state index in [0.717, 1.165) is 11.3 Å². The van der Waals surface area contributed by atoms with Gasteiger partial charge in [-0.15, -0.1) is 11.8 Å². The van der Waals surface area contributed by atoms with Gasteiger partial charge in [-0.2, -0.15) is 0 Å². The smallest absolute Gasteiger partial charge is 0.341 e. The average Bonchev–Trinajstić information content (AvgIpc) is 2.32. The summed E-state index contributed by atoms with van der Waals surface area (Å²) in [6.45, 7) is 14.4. The molecule has 2 rings (SSSR count). The minimum absolute atomic E-state index is 0.00139. The molecule has 1 unspecified atom stereocenters. The highest BCUT2D eigenvalue weighted by atomic mass is 32.2. The predicted octanol–water partition coefficient (Wildman–Crippen LogP) is 2.35. The monoisotopic (exact) mass is 358 g/mol. The highest BCUT2D eigenvalue weighted by Gasteiger charge is 2.54. The Kier molecular flexibility index (Phi) is 4.69. The molecule has 1 N–H and O–H groups in total. The molecule has 0 bridgehead atoms. The van der Waals surface area contributed by atoms with E-state index in [-0.39, 0.29) is 23.3 Å². The van der Waals surface area contributed by atoms with E-state index < -0.39 is 16.6 Å². The van der Waals surface area contributed by atoms with Crippen LogP contribution < -0.4 is 4.98 Å². The second kappa shape index (κ2) is 5.81. The fourth-order valence-electron chi connectivity index (χ4n) is 2.56. The van der Waals surface area contributed by atoms with Crippen LogP contribution in [-0.2, 0) is 14.0 Å². The molecule has 0 radical (unpaired) electrons. The summed E-state index contributed by atoms with van der Waals surface area (Å²) in [5.41, 5.74) is 1.41. The van der Waals surface area contributed by atoms with Gasteiger partial charge in [-0.1, -0.05) is 19.6 Å². The Balaban J connectivity index is 2.20. The van der Waals surface area contributed by atoms with Gasteiger partial charge in [-0.25, -0.2) is 4.79 Å². The van der Waals surface area contributed by atoms with Crippen molar-refractivity contribution in [2.45, 2.75) is 57.6 Å². The van der Waals surface area contributed by atoms with Gasteiger partial charge in [-0.3, -0.25) is 9.69 Å². The van der Waals surface area contributed by atoms with Gasteiger partial charge in [0.1, 0.15) is 25.3 Å². The van der Waals surface area contributed by atoms with Crippen LogP contribution >= 0.6 is 11.8 Å². The van der Waals surface area contributed by atoms with Gasteiger partial charge in [0.05, 0.1) is 0 Å². The van der Waals surface area contributed by atoms with Crippen molar-refractivity contribution in [2.75, 3.05) is 5.75 Å². The molecular weight excluding hydrogens is 332 g/mol. The van der Waals surface area contributed by atoms with Crippen molar-refractivity contribution in [1.82, 2.24) is 9.88 Å². The number of nitrogens with zero attached hydrogens (tertiary/aromatic N) is 1. The zero-order valence-corrected chi connectivity index (χ0v) is 17.3. The summed E-state index contributed by atoms with van der Waals surface area (Å²) in [6, 6.07) is -0.167. The number of amides is 1. The second-order valence-electron chi connectivity index (χ2n) is 7.91. The maximum atomic E-state index is 12.5. The molecule has 2 aliphatic rings. The number of fused-ring (bicyclic) bond motifs is 1. The first-order valence-electron chi connectivity index (χ1n) is 7.56. The molecule has 0 saturated carbocycles. The van der Waals surface area contributed by atoms with E-state index in [1.807, 2.05) is 26.6 Å². The highest BCUT2D eigenvalue weighted by molar-refractivity contribution is 8.00. The highest BCUT2D eigenvalue weighted by Crippen LogP contribution is 2.41. The summed E-state index contributed by atoms with van der Waals surface area (Å²) in [5.74, 6) is 0.442. The lowest BCUT2D eigenvalue weighted by molar-refractivity contribution is -0.147. The SMILES string of the molecule is CC1=C(C(=O)O[Si](C)(C)C)N2C(=O)C(N[Si](C)(C)C)[C@@H]2SC1. The Bertz CT molecular complexity index is 537. The molecule has 1 fully saturated rings. The van der Waals surface area contributed by atoms with Gasteiger partial charge in [0.15, 0.2) is 0 Å². The molecule has 8 heteroatoms. The fraction of sp³-hybridized carbons (Fsp3) is 0.714. The number of β-lactam (4-membered cyclic amide) rings is 1. The number of nitrogens with one attached hydrogen (secondary N) is 1. The quantitative estimate of drug-likeness (QED) is 0.617. The van der Waals surface area contributed by atoms with Crippen LogP contribution in [0.1, 0.15) is 6.92 Å². The van der Waals surface area contributed by atoms with E-state index in [0.29, 0.717) is 5.70 Å². The topological polar surface area (TPSA) is 58.6 Å². The van der Waals surface area contributed by atoms with Gasteiger partial charge < -0.3 is 9.41 Å². The fourth-order valence-corrected chi connectivity index (χ4v) is 5.84. The minimum Gasteiger partial charge on any atom is -0.515 e. The van der Waals surface area contributed by atoms with Crippen LogP contribution in [0.15, 0.2) is 11.3 Å². The van der Waals surface area contributed by atoms with E-state index in [1.165, 1.54) is 0 Å². The molecule has 0 spiro atoms. The van der Waals surface area contributed by atoms with Gasteiger partial charge in [0, 0.05) is 5.75 Å². The Morgan fingerprint density at radius 2 is 1.86 bits per heavy atom. The lowest BCUT2D eigenvalue weighted by Crippen LogP contribution is -2.73. The van der Waals surface area contributed by atoms with Crippen LogP contribution in [0, 0.1) is 0 Å². The molecular formula is C14H26N2O3SSi2. The van der Waals surface area contributed by atoms with E-state index in [9.17, 15) is 9.59 Å². The van der Waals surface area contributed by atoms with Crippen LogP contribution in [-0.4, -0.2) is 50.5 Å². The first-order valence-corrected chi connectivity index (χ1v) is 15.5. The third-order valence-electron chi connectivity index (χ3n) is 3.34. The minimum atomic E-state index is -1.98. The molecule has 5 nitrogen and oxygen atoms in total. The van der Waals surface area contributed by atoms with Crippen LogP contribution in [0.3, 0.4) is 0 Å². The van der Waals surface area contributed by atoms with Crippen LogP contribution in [0.5, 0.6) is 0 Å². The van der Waals surface area contributed by atoms with Gasteiger partial charge in [-0.05, 0) is 32.1 Å². The summed E-state index contributed by atoms with van der Waals surface area (Å²) < 4.78 is 5.61. The van der Waals surface area contributed by atoms with Crippen molar-refractivity contribution in [3.05, 3.63) is 11.3 Å². The molecule has 0 aromatic carbocycles. The summed E-state index contributed by atoms with van der Waals surface area (Å²) in [4.78, 5) is 30.2. The lowest BCUT2D eigenvalue weighted by atomic mass is 10.0.